The van der Waals surface area contributed by atoms with Crippen LogP contribution in [0.3, 0.4) is 0 Å². The molecule has 4 heteroatoms. The number of hydrogen-bond donors (Lipinski definition) is 2. The molecule has 0 saturated carbocycles. The van der Waals surface area contributed by atoms with Gasteiger partial charge >= 0.3 is 0 Å². The first-order valence-electron chi connectivity index (χ1n) is 5.95. The number of nitrogens with zero attached hydrogens (tertiary/aromatic N) is 2. The average molecular weight is 252 g/mol. The molecule has 0 unspecified atom stereocenters. The summed E-state index contributed by atoms with van der Waals surface area (Å²) < 4.78 is 0. The Kier molecular flexibility index (Phi) is 4.29. The number of benzene rings is 2. The Morgan fingerprint density at radius 1 is 0.684 bits per heavy atom. The molecule has 0 aliphatic rings. The van der Waals surface area contributed by atoms with Crippen molar-refractivity contribution < 1.29 is 0 Å². The van der Waals surface area contributed by atoms with Gasteiger partial charge in [0.05, 0.1) is 0 Å². The highest BCUT2D eigenvalue weighted by Crippen LogP contribution is 2.04. The molecule has 0 aliphatic heterocycles. The van der Waals surface area contributed by atoms with Crippen molar-refractivity contribution >= 4 is 23.8 Å². The summed E-state index contributed by atoms with van der Waals surface area (Å²) in [6.45, 7) is 0.398. The Balaban J connectivity index is 1.86. The van der Waals surface area contributed by atoms with E-state index in [0.29, 0.717) is 6.67 Å². The zero-order chi connectivity index (χ0) is 13.5. The maximum absolute atomic E-state index is 5.60. The van der Waals surface area contributed by atoms with Gasteiger partial charge < -0.3 is 11.5 Å². The third kappa shape index (κ3) is 4.27. The highest BCUT2D eigenvalue weighted by Gasteiger charge is 1.88. The zero-order valence-corrected chi connectivity index (χ0v) is 10.5. The van der Waals surface area contributed by atoms with Gasteiger partial charge in [-0.25, -0.2) is 0 Å². The van der Waals surface area contributed by atoms with E-state index >= 15 is 0 Å². The molecule has 0 aliphatic carbocycles. The van der Waals surface area contributed by atoms with Crippen LogP contribution in [0.5, 0.6) is 0 Å². The summed E-state index contributed by atoms with van der Waals surface area (Å²) in [5.74, 6) is 0. The number of rotatable bonds is 4. The molecule has 4 N–H and O–H groups in total. The van der Waals surface area contributed by atoms with Crippen LogP contribution in [0.1, 0.15) is 11.1 Å². The average Bonchev–Trinajstić information content (AvgIpc) is 2.43. The third-order valence-electron chi connectivity index (χ3n) is 2.52. The minimum absolute atomic E-state index is 0.398. The van der Waals surface area contributed by atoms with Gasteiger partial charge in [-0.05, 0) is 35.4 Å². The number of nitrogens with two attached hydrogens (primary N) is 2. The summed E-state index contributed by atoms with van der Waals surface area (Å²) in [5.41, 5.74) is 14.7. The largest absolute Gasteiger partial charge is 0.399 e. The molecular weight excluding hydrogens is 236 g/mol. The smallest absolute Gasteiger partial charge is 0.129 e. The summed E-state index contributed by atoms with van der Waals surface area (Å²) in [7, 11) is 0. The SMILES string of the molecule is Nc1ccc(C=NCN=Cc2ccc(N)cc2)cc1. The molecule has 0 saturated heterocycles. The van der Waals surface area contributed by atoms with Gasteiger partial charge in [0.25, 0.3) is 0 Å². The molecule has 2 aromatic carbocycles. The van der Waals surface area contributed by atoms with Crippen molar-refractivity contribution in [1.82, 2.24) is 0 Å². The molecule has 4 nitrogen and oxygen atoms in total. The molecule has 2 rings (SSSR count). The van der Waals surface area contributed by atoms with E-state index in [-0.39, 0.29) is 0 Å². The lowest BCUT2D eigenvalue weighted by Crippen LogP contribution is -1.88. The molecule has 2 aromatic rings. The van der Waals surface area contributed by atoms with E-state index in [2.05, 4.69) is 9.98 Å². The summed E-state index contributed by atoms with van der Waals surface area (Å²) in [4.78, 5) is 8.43. The van der Waals surface area contributed by atoms with Gasteiger partial charge in [-0.15, -0.1) is 0 Å². The summed E-state index contributed by atoms with van der Waals surface area (Å²) in [6.07, 6.45) is 3.56. The Hall–Kier alpha value is -2.62. The normalized spacial score (nSPS) is 11.4. The predicted octanol–water partition coefficient (Wildman–Crippen LogP) is 2.35. The standard InChI is InChI=1S/C15H16N4/c16-14-5-1-12(2-6-14)9-18-11-19-10-13-3-7-15(17)8-4-13/h1-10H,11,16-17H2. The highest BCUT2D eigenvalue weighted by atomic mass is 14.9. The van der Waals surface area contributed by atoms with Crippen molar-refractivity contribution in [3.8, 4) is 0 Å². The molecular formula is C15H16N4. The molecule has 0 radical (unpaired) electrons. The quantitative estimate of drug-likeness (QED) is 0.647. The fourth-order valence-electron chi connectivity index (χ4n) is 1.50. The minimum Gasteiger partial charge on any atom is -0.399 e. The second kappa shape index (κ2) is 6.35. The van der Waals surface area contributed by atoms with Crippen LogP contribution in [0.2, 0.25) is 0 Å². The van der Waals surface area contributed by atoms with E-state index < -0.39 is 0 Å². The Bertz CT molecular complexity index is 515. The molecule has 0 bridgehead atoms. The van der Waals surface area contributed by atoms with E-state index in [4.69, 9.17) is 11.5 Å². The van der Waals surface area contributed by atoms with E-state index in [1.165, 1.54) is 0 Å². The molecule has 0 heterocycles. The summed E-state index contributed by atoms with van der Waals surface area (Å²) in [6, 6.07) is 15.1. The van der Waals surface area contributed by atoms with Crippen molar-refractivity contribution in [1.29, 1.82) is 0 Å². The first-order chi connectivity index (χ1) is 9.24. The predicted molar refractivity (Wildman–Crippen MR) is 81.8 cm³/mol. The molecule has 0 spiro atoms. The Morgan fingerprint density at radius 2 is 1.05 bits per heavy atom. The van der Waals surface area contributed by atoms with Crippen LogP contribution in [0.15, 0.2) is 58.5 Å². The van der Waals surface area contributed by atoms with Crippen molar-refractivity contribution in [2.45, 2.75) is 0 Å². The molecule has 0 fully saturated rings. The Labute approximate surface area is 112 Å². The fourth-order valence-corrected chi connectivity index (χ4v) is 1.50. The monoisotopic (exact) mass is 252 g/mol. The zero-order valence-electron chi connectivity index (χ0n) is 10.5. The van der Waals surface area contributed by atoms with Crippen molar-refractivity contribution in [3.05, 3.63) is 59.7 Å². The second-order valence-corrected chi connectivity index (χ2v) is 4.10. The second-order valence-electron chi connectivity index (χ2n) is 4.10. The van der Waals surface area contributed by atoms with Crippen molar-refractivity contribution in [3.63, 3.8) is 0 Å². The molecule has 19 heavy (non-hydrogen) atoms. The first-order valence-corrected chi connectivity index (χ1v) is 5.95. The molecule has 0 atom stereocenters. The molecule has 0 amide bonds. The number of nitrogen functional groups attached to an aromatic ring is 2. The van der Waals surface area contributed by atoms with Gasteiger partial charge in [0.2, 0.25) is 0 Å². The Morgan fingerprint density at radius 3 is 1.42 bits per heavy atom. The lowest BCUT2D eigenvalue weighted by Gasteiger charge is -1.94. The topological polar surface area (TPSA) is 76.8 Å². The number of anilines is 2. The van der Waals surface area contributed by atoms with Crippen LogP contribution in [0, 0.1) is 0 Å². The van der Waals surface area contributed by atoms with E-state index in [9.17, 15) is 0 Å². The van der Waals surface area contributed by atoms with Crippen LogP contribution < -0.4 is 11.5 Å². The minimum atomic E-state index is 0.398. The van der Waals surface area contributed by atoms with Crippen molar-refractivity contribution in [2.24, 2.45) is 9.98 Å². The van der Waals surface area contributed by atoms with Gasteiger partial charge in [-0.3, -0.25) is 9.98 Å². The van der Waals surface area contributed by atoms with Gasteiger partial charge in [0, 0.05) is 23.8 Å². The maximum atomic E-state index is 5.60. The highest BCUT2D eigenvalue weighted by molar-refractivity contribution is 5.81. The van der Waals surface area contributed by atoms with E-state index in [0.717, 1.165) is 22.5 Å². The number of hydrogen-bond acceptors (Lipinski definition) is 4. The van der Waals surface area contributed by atoms with E-state index in [1.807, 2.05) is 48.5 Å². The third-order valence-corrected chi connectivity index (χ3v) is 2.52. The van der Waals surface area contributed by atoms with Crippen LogP contribution in [-0.2, 0) is 0 Å². The van der Waals surface area contributed by atoms with Crippen LogP contribution >= 0.6 is 0 Å². The lowest BCUT2D eigenvalue weighted by atomic mass is 10.2. The molecule has 0 aromatic heterocycles. The fraction of sp³-hybridized carbons (Fsp3) is 0.0667. The van der Waals surface area contributed by atoms with Crippen LogP contribution in [-0.4, -0.2) is 19.1 Å². The number of aliphatic imine (C=N–C) groups is 2. The van der Waals surface area contributed by atoms with Gasteiger partial charge in [-0.2, -0.15) is 0 Å². The van der Waals surface area contributed by atoms with Crippen LogP contribution in [0.4, 0.5) is 11.4 Å². The lowest BCUT2D eigenvalue weighted by molar-refractivity contribution is 1.08. The van der Waals surface area contributed by atoms with Gasteiger partial charge in [0.15, 0.2) is 0 Å². The van der Waals surface area contributed by atoms with E-state index in [1.54, 1.807) is 12.4 Å². The maximum Gasteiger partial charge on any atom is 0.129 e. The van der Waals surface area contributed by atoms with Crippen molar-refractivity contribution in [2.75, 3.05) is 18.1 Å². The summed E-state index contributed by atoms with van der Waals surface area (Å²) in [5, 5.41) is 0. The molecule has 96 valence electrons. The van der Waals surface area contributed by atoms with Gasteiger partial charge in [0.1, 0.15) is 6.67 Å². The summed E-state index contributed by atoms with van der Waals surface area (Å²) >= 11 is 0. The van der Waals surface area contributed by atoms with Gasteiger partial charge in [-0.1, -0.05) is 24.3 Å². The first kappa shape index (κ1) is 12.8. The van der Waals surface area contributed by atoms with Crippen LogP contribution in [0.25, 0.3) is 0 Å².